The van der Waals surface area contributed by atoms with Gasteiger partial charge in [-0.2, -0.15) is 0 Å². The molecule has 0 aromatic rings. The van der Waals surface area contributed by atoms with Crippen LogP contribution in [-0.4, -0.2) is 113 Å². The average molecular weight is 667 g/mol. The average Bonchev–Trinajstić information content (AvgIpc) is 3.18. The van der Waals surface area contributed by atoms with Crippen molar-refractivity contribution in [1.29, 1.82) is 0 Å². The van der Waals surface area contributed by atoms with E-state index in [0.29, 0.717) is 18.4 Å². The van der Waals surface area contributed by atoms with E-state index in [-0.39, 0.29) is 43.1 Å². The lowest BCUT2D eigenvalue weighted by molar-refractivity contribution is -0.291. The van der Waals surface area contributed by atoms with Crippen molar-refractivity contribution < 1.29 is 59.9 Å². The van der Waals surface area contributed by atoms with Gasteiger partial charge in [-0.3, -0.25) is 9.59 Å². The Morgan fingerprint density at radius 3 is 2.26 bits per heavy atom. The minimum atomic E-state index is -1.75. The Bertz CT molecular complexity index is 1330. The molecule has 0 aromatic carbocycles. The summed E-state index contributed by atoms with van der Waals surface area (Å²) in [6.07, 6.45) is -6.89. The number of carbonyl (C=O) groups is 2. The Morgan fingerprint density at radius 1 is 1.02 bits per heavy atom. The number of allylic oxidation sites excluding steroid dienone is 4. The van der Waals surface area contributed by atoms with E-state index in [2.05, 4.69) is 0 Å². The smallest absolute Gasteiger partial charge is 0.229 e. The van der Waals surface area contributed by atoms with Crippen molar-refractivity contribution in [3.8, 4) is 0 Å². The second kappa shape index (κ2) is 11.9. The highest BCUT2D eigenvalue weighted by Gasteiger charge is 2.74. The van der Waals surface area contributed by atoms with Crippen LogP contribution in [0.3, 0.4) is 0 Å². The van der Waals surface area contributed by atoms with Crippen molar-refractivity contribution >= 4 is 11.6 Å². The summed E-state index contributed by atoms with van der Waals surface area (Å²) in [4.78, 5) is 28.3. The zero-order chi connectivity index (χ0) is 35.2. The lowest BCUT2D eigenvalue weighted by Crippen LogP contribution is -2.64. The van der Waals surface area contributed by atoms with Crippen molar-refractivity contribution in [3.63, 3.8) is 0 Å². The van der Waals surface area contributed by atoms with Gasteiger partial charge in [0.05, 0.1) is 30.0 Å². The van der Waals surface area contributed by atoms with Crippen LogP contribution in [0.25, 0.3) is 0 Å². The third kappa shape index (κ3) is 5.47. The van der Waals surface area contributed by atoms with Gasteiger partial charge in [0.15, 0.2) is 11.5 Å². The van der Waals surface area contributed by atoms with Gasteiger partial charge in [0.1, 0.15) is 30.2 Å². The summed E-state index contributed by atoms with van der Waals surface area (Å²) in [5, 5.41) is 85.4. The van der Waals surface area contributed by atoms with Gasteiger partial charge in [0.2, 0.25) is 6.29 Å². The molecule has 12 heteroatoms. The molecule has 12 nitrogen and oxygen atoms in total. The van der Waals surface area contributed by atoms with Gasteiger partial charge >= 0.3 is 0 Å². The minimum Gasteiger partial charge on any atom is -0.458 e. The topological polar surface area (TPSA) is 214 Å². The van der Waals surface area contributed by atoms with Crippen molar-refractivity contribution in [2.45, 2.75) is 141 Å². The largest absolute Gasteiger partial charge is 0.458 e. The highest BCUT2D eigenvalue weighted by Crippen LogP contribution is 2.73. The minimum absolute atomic E-state index is 0.0293. The van der Waals surface area contributed by atoms with Gasteiger partial charge in [-0.1, -0.05) is 26.8 Å². The summed E-state index contributed by atoms with van der Waals surface area (Å²) in [6.45, 7) is 11.7. The monoisotopic (exact) mass is 666 g/mol. The van der Waals surface area contributed by atoms with Gasteiger partial charge in [-0.15, -0.1) is 0 Å². The molecule has 0 amide bonds. The van der Waals surface area contributed by atoms with Gasteiger partial charge in [0, 0.05) is 30.1 Å². The van der Waals surface area contributed by atoms with E-state index < -0.39 is 94.6 Å². The van der Waals surface area contributed by atoms with Crippen molar-refractivity contribution in [3.05, 3.63) is 23.0 Å². The highest BCUT2D eigenvalue weighted by atomic mass is 16.7. The molecule has 0 spiro atoms. The van der Waals surface area contributed by atoms with E-state index in [9.17, 15) is 50.4 Å². The molecule has 0 radical (unpaired) electrons. The zero-order valence-corrected chi connectivity index (χ0v) is 28.5. The second-order valence-corrected chi connectivity index (χ2v) is 16.5. The van der Waals surface area contributed by atoms with E-state index in [4.69, 9.17) is 9.47 Å². The molecular weight excluding hydrogens is 612 g/mol. The number of aliphatic hydroxyl groups is 8. The van der Waals surface area contributed by atoms with Crippen LogP contribution in [0.5, 0.6) is 0 Å². The molecule has 47 heavy (non-hydrogen) atoms. The van der Waals surface area contributed by atoms with Gasteiger partial charge in [0.25, 0.3) is 0 Å². The molecule has 0 aromatic heterocycles. The molecule has 3 fully saturated rings. The summed E-state index contributed by atoms with van der Waals surface area (Å²) in [6, 6.07) is 0. The van der Waals surface area contributed by atoms with E-state index >= 15 is 0 Å². The standard InChI is InChI=1S/C35H54O12/c1-16-17-8-9-22-32(4)13-20(38)29(35(7,45)23(39)10-11-31(2,3)44)33(32,5)14-24(40)34(22,6)18(17)12-19(37)28(16)47-30-27(43)26(42)25(41)21(15-36)46-30/h8,18,20-23,25-27,29-30,36,38-39,41-45H,9-15H2,1-7H3/t18-,20+,21+,22-,23+,25+,26-,27+,29-,30-,32-,33+,34-,35-/m0/s1. The van der Waals surface area contributed by atoms with Gasteiger partial charge < -0.3 is 50.3 Å². The van der Waals surface area contributed by atoms with Gasteiger partial charge in [-0.25, -0.2) is 0 Å². The lowest BCUT2D eigenvalue weighted by atomic mass is 9.39. The molecule has 1 saturated heterocycles. The van der Waals surface area contributed by atoms with E-state index in [0.717, 1.165) is 5.57 Å². The predicted molar refractivity (Wildman–Crippen MR) is 167 cm³/mol. The highest BCUT2D eigenvalue weighted by molar-refractivity contribution is 5.99. The van der Waals surface area contributed by atoms with E-state index in [1.54, 1.807) is 20.8 Å². The molecule has 14 atom stereocenters. The molecular formula is C35H54O12. The fourth-order valence-corrected chi connectivity index (χ4v) is 10.3. The quantitative estimate of drug-likeness (QED) is 0.179. The maximum absolute atomic E-state index is 14.5. The number of hydrogen-bond acceptors (Lipinski definition) is 12. The van der Waals surface area contributed by atoms with Crippen LogP contribution in [0.4, 0.5) is 0 Å². The van der Waals surface area contributed by atoms with Crippen LogP contribution in [0.1, 0.15) is 87.0 Å². The van der Waals surface area contributed by atoms with Crippen LogP contribution in [0.15, 0.2) is 23.0 Å². The zero-order valence-electron chi connectivity index (χ0n) is 28.5. The molecule has 1 aliphatic heterocycles. The van der Waals surface area contributed by atoms with E-state index in [1.807, 2.05) is 26.8 Å². The lowest BCUT2D eigenvalue weighted by Gasteiger charge is -2.63. The summed E-state index contributed by atoms with van der Waals surface area (Å²) in [5.41, 5.74) is -4.12. The van der Waals surface area contributed by atoms with Crippen LogP contribution < -0.4 is 0 Å². The molecule has 4 aliphatic carbocycles. The number of ether oxygens (including phenoxy) is 2. The Kier molecular flexibility index (Phi) is 9.29. The predicted octanol–water partition coefficient (Wildman–Crippen LogP) is 0.648. The van der Waals surface area contributed by atoms with Crippen LogP contribution in [0, 0.1) is 34.0 Å². The van der Waals surface area contributed by atoms with Crippen LogP contribution in [-0.2, 0) is 19.1 Å². The second-order valence-electron chi connectivity index (χ2n) is 16.5. The van der Waals surface area contributed by atoms with Crippen LogP contribution >= 0.6 is 0 Å². The third-order valence-corrected chi connectivity index (χ3v) is 13.1. The Hall–Kier alpha value is -1.74. The van der Waals surface area contributed by atoms with Crippen molar-refractivity contribution in [2.75, 3.05) is 6.61 Å². The summed E-state index contributed by atoms with van der Waals surface area (Å²) in [5.74, 6) is -2.21. The number of Topliss-reactive ketones (excluding diaryl/α,β-unsaturated/α-hetero) is 2. The van der Waals surface area contributed by atoms with Crippen molar-refractivity contribution in [2.24, 2.45) is 34.0 Å². The SMILES string of the molecule is CC1=C(O[C@@H]2O[C@H](CO)[C@@H](O)[C@H](O)[C@H]2O)C(=O)C[C@H]2C1=CC[C@@H]1[C@@]2(C)C(=O)C[C@]2(C)[C@@H]([C@@](C)(O)[C@H](O)CCC(C)(C)O)[C@H](O)C[C@@]12C. The third-order valence-electron chi connectivity index (χ3n) is 13.1. The molecule has 1 heterocycles. The molecule has 8 N–H and O–H groups in total. The first-order chi connectivity index (χ1) is 21.6. The van der Waals surface area contributed by atoms with Crippen LogP contribution in [0.2, 0.25) is 0 Å². The normalized spacial score (nSPS) is 45.9. The number of hydrogen-bond donors (Lipinski definition) is 8. The fraction of sp³-hybridized carbons (Fsp3) is 0.829. The Morgan fingerprint density at radius 2 is 1.66 bits per heavy atom. The number of fused-ring (bicyclic) bond motifs is 5. The summed E-state index contributed by atoms with van der Waals surface area (Å²) >= 11 is 0. The number of rotatable bonds is 8. The first-order valence-corrected chi connectivity index (χ1v) is 16.8. The molecule has 2 saturated carbocycles. The molecule has 0 unspecified atom stereocenters. The molecule has 5 rings (SSSR count). The fourth-order valence-electron chi connectivity index (χ4n) is 10.3. The molecule has 5 aliphatic rings. The number of ketones is 2. The van der Waals surface area contributed by atoms with E-state index in [1.165, 1.54) is 6.92 Å². The Balaban J connectivity index is 1.47. The number of carbonyl (C=O) groups excluding carboxylic acids is 2. The molecule has 0 bridgehead atoms. The molecule has 266 valence electrons. The first kappa shape index (κ1) is 36.5. The van der Waals surface area contributed by atoms with Crippen molar-refractivity contribution in [1.82, 2.24) is 0 Å². The maximum atomic E-state index is 14.5. The summed E-state index contributed by atoms with van der Waals surface area (Å²) in [7, 11) is 0. The summed E-state index contributed by atoms with van der Waals surface area (Å²) < 4.78 is 11.3. The maximum Gasteiger partial charge on any atom is 0.229 e. The number of aliphatic hydroxyl groups excluding tert-OH is 6. The van der Waals surface area contributed by atoms with Gasteiger partial charge in [-0.05, 0) is 81.3 Å². The Labute approximate surface area is 276 Å². The first-order valence-electron chi connectivity index (χ1n) is 16.8.